The highest BCUT2D eigenvalue weighted by Gasteiger charge is 2.25. The van der Waals surface area contributed by atoms with E-state index in [0.29, 0.717) is 0 Å². The summed E-state index contributed by atoms with van der Waals surface area (Å²) in [6.07, 6.45) is 13.3. The van der Waals surface area contributed by atoms with E-state index in [1.54, 1.807) is 0 Å². The van der Waals surface area contributed by atoms with Crippen LogP contribution in [-0.2, 0) is 0 Å². The Labute approximate surface area is 74.8 Å². The Morgan fingerprint density at radius 1 is 1.08 bits per heavy atom. The summed E-state index contributed by atoms with van der Waals surface area (Å²) >= 11 is 0. The summed E-state index contributed by atoms with van der Waals surface area (Å²) in [4.78, 5) is 0. The molecule has 0 unspecified atom stereocenters. The van der Waals surface area contributed by atoms with Gasteiger partial charge >= 0.3 is 0 Å². The van der Waals surface area contributed by atoms with Crippen LogP contribution in [0.3, 0.4) is 0 Å². The molecule has 0 amide bonds. The van der Waals surface area contributed by atoms with Crippen molar-refractivity contribution in [1.29, 1.82) is 0 Å². The summed E-state index contributed by atoms with van der Waals surface area (Å²) in [7, 11) is 0. The number of allylic oxidation sites excluding steroid dienone is 3. The summed E-state index contributed by atoms with van der Waals surface area (Å²) in [6, 6.07) is 0. The average molecular weight is 166 g/mol. The van der Waals surface area contributed by atoms with Crippen molar-refractivity contribution in [3.8, 4) is 0 Å². The summed E-state index contributed by atoms with van der Waals surface area (Å²) in [6.45, 7) is 1.98. The second-order valence-electron chi connectivity index (χ2n) is 3.55. The van der Waals surface area contributed by atoms with Crippen LogP contribution in [-0.4, -0.2) is 10.7 Å². The van der Waals surface area contributed by atoms with Gasteiger partial charge in [0, 0.05) is 0 Å². The second-order valence-corrected chi connectivity index (χ2v) is 3.55. The van der Waals surface area contributed by atoms with E-state index in [2.05, 4.69) is 0 Å². The fourth-order valence-electron chi connectivity index (χ4n) is 1.68. The lowest BCUT2D eigenvalue weighted by molar-refractivity contribution is 0.0513. The van der Waals surface area contributed by atoms with Crippen LogP contribution >= 0.6 is 0 Å². The van der Waals surface area contributed by atoms with E-state index in [9.17, 15) is 5.11 Å². The highest BCUT2D eigenvalue weighted by Crippen LogP contribution is 2.28. The molecule has 12 heavy (non-hydrogen) atoms. The molecular weight excluding hydrogens is 148 g/mol. The third kappa shape index (κ3) is 2.82. The molecule has 0 bridgehead atoms. The number of aliphatic hydroxyl groups is 1. The van der Waals surface area contributed by atoms with Gasteiger partial charge in [-0.05, 0) is 19.8 Å². The van der Waals surface area contributed by atoms with Gasteiger partial charge in [-0.3, -0.25) is 0 Å². The Morgan fingerprint density at radius 3 is 2.33 bits per heavy atom. The molecule has 0 spiro atoms. The van der Waals surface area contributed by atoms with Crippen LogP contribution in [0.4, 0.5) is 0 Å². The number of rotatable bonds is 2. The Balaban J connectivity index is 2.46. The van der Waals surface area contributed by atoms with Crippen LogP contribution in [0.1, 0.15) is 39.0 Å². The van der Waals surface area contributed by atoms with Crippen molar-refractivity contribution in [3.05, 3.63) is 24.3 Å². The maximum absolute atomic E-state index is 9.98. The van der Waals surface area contributed by atoms with Crippen molar-refractivity contribution in [2.45, 2.75) is 44.6 Å². The molecule has 0 atom stereocenters. The van der Waals surface area contributed by atoms with Crippen molar-refractivity contribution in [1.82, 2.24) is 0 Å². The molecule has 0 radical (unpaired) electrons. The highest BCUT2D eigenvalue weighted by molar-refractivity contribution is 5.10. The minimum absolute atomic E-state index is 0.502. The molecule has 68 valence electrons. The van der Waals surface area contributed by atoms with Gasteiger partial charge in [0.05, 0.1) is 5.60 Å². The molecular formula is C11H18O. The third-order valence-electron chi connectivity index (χ3n) is 2.43. The SMILES string of the molecule is C/C=C/C=C/C1(O)CCCCC1. The lowest BCUT2D eigenvalue weighted by Gasteiger charge is -2.28. The molecule has 1 heteroatoms. The molecule has 0 aromatic heterocycles. The molecule has 1 aliphatic rings. The van der Waals surface area contributed by atoms with Gasteiger partial charge in [0.15, 0.2) is 0 Å². The summed E-state index contributed by atoms with van der Waals surface area (Å²) in [5.74, 6) is 0. The molecule has 1 nitrogen and oxygen atoms in total. The van der Waals surface area contributed by atoms with Crippen molar-refractivity contribution >= 4 is 0 Å². The molecule has 1 aliphatic carbocycles. The monoisotopic (exact) mass is 166 g/mol. The standard InChI is InChI=1S/C11H18O/c1-2-3-5-8-11(12)9-6-4-7-10-11/h2-3,5,8,12H,4,6-7,9-10H2,1H3/b3-2+,8-5+. The van der Waals surface area contributed by atoms with Crippen molar-refractivity contribution in [2.24, 2.45) is 0 Å². The van der Waals surface area contributed by atoms with Crippen molar-refractivity contribution in [2.75, 3.05) is 0 Å². The van der Waals surface area contributed by atoms with E-state index < -0.39 is 5.60 Å². The quantitative estimate of drug-likeness (QED) is 0.625. The smallest absolute Gasteiger partial charge is 0.0830 e. The normalized spacial score (nSPS) is 23.8. The average Bonchev–Trinajstić information content (AvgIpc) is 2.06. The number of hydrogen-bond donors (Lipinski definition) is 1. The first kappa shape index (κ1) is 9.53. The molecule has 0 aliphatic heterocycles. The zero-order valence-electron chi connectivity index (χ0n) is 7.79. The van der Waals surface area contributed by atoms with Crippen LogP contribution in [0.25, 0.3) is 0 Å². The second kappa shape index (κ2) is 4.46. The zero-order valence-corrected chi connectivity index (χ0v) is 7.79. The molecule has 0 aromatic rings. The topological polar surface area (TPSA) is 20.2 Å². The maximum Gasteiger partial charge on any atom is 0.0830 e. The van der Waals surface area contributed by atoms with Crippen LogP contribution in [0.5, 0.6) is 0 Å². The molecule has 1 N–H and O–H groups in total. The maximum atomic E-state index is 9.98. The lowest BCUT2D eigenvalue weighted by atomic mass is 9.85. The van der Waals surface area contributed by atoms with E-state index in [1.165, 1.54) is 6.42 Å². The van der Waals surface area contributed by atoms with Crippen molar-refractivity contribution < 1.29 is 5.11 Å². The fraction of sp³-hybridized carbons (Fsp3) is 0.636. The summed E-state index contributed by atoms with van der Waals surface area (Å²) in [5.41, 5.74) is -0.502. The first-order valence-corrected chi connectivity index (χ1v) is 4.80. The first-order valence-electron chi connectivity index (χ1n) is 4.80. The van der Waals surface area contributed by atoms with E-state index in [-0.39, 0.29) is 0 Å². The van der Waals surface area contributed by atoms with Gasteiger partial charge in [0.1, 0.15) is 0 Å². The minimum atomic E-state index is -0.502. The van der Waals surface area contributed by atoms with E-state index >= 15 is 0 Å². The van der Waals surface area contributed by atoms with Crippen LogP contribution in [0.2, 0.25) is 0 Å². The van der Waals surface area contributed by atoms with Gasteiger partial charge in [-0.1, -0.05) is 43.6 Å². The molecule has 0 saturated heterocycles. The number of hydrogen-bond acceptors (Lipinski definition) is 1. The largest absolute Gasteiger partial charge is 0.386 e. The van der Waals surface area contributed by atoms with Gasteiger partial charge in [-0.25, -0.2) is 0 Å². The van der Waals surface area contributed by atoms with Gasteiger partial charge in [-0.15, -0.1) is 0 Å². The predicted octanol–water partition coefficient (Wildman–Crippen LogP) is 2.81. The Hall–Kier alpha value is -0.560. The first-order chi connectivity index (χ1) is 5.77. The molecule has 0 aromatic carbocycles. The van der Waals surface area contributed by atoms with Gasteiger partial charge in [0.2, 0.25) is 0 Å². The highest BCUT2D eigenvalue weighted by atomic mass is 16.3. The molecule has 1 rings (SSSR count). The van der Waals surface area contributed by atoms with Gasteiger partial charge in [-0.2, -0.15) is 0 Å². The summed E-state index contributed by atoms with van der Waals surface area (Å²) < 4.78 is 0. The fourth-order valence-corrected chi connectivity index (χ4v) is 1.68. The van der Waals surface area contributed by atoms with E-state index in [4.69, 9.17) is 0 Å². The van der Waals surface area contributed by atoms with E-state index in [1.807, 2.05) is 31.2 Å². The Bertz CT molecular complexity index is 173. The lowest BCUT2D eigenvalue weighted by Crippen LogP contribution is -2.28. The minimum Gasteiger partial charge on any atom is -0.386 e. The Morgan fingerprint density at radius 2 is 1.75 bits per heavy atom. The molecule has 0 heterocycles. The van der Waals surface area contributed by atoms with E-state index in [0.717, 1.165) is 25.7 Å². The van der Waals surface area contributed by atoms with Crippen LogP contribution in [0, 0.1) is 0 Å². The molecule has 1 saturated carbocycles. The summed E-state index contributed by atoms with van der Waals surface area (Å²) in [5, 5.41) is 9.98. The third-order valence-corrected chi connectivity index (χ3v) is 2.43. The van der Waals surface area contributed by atoms with Gasteiger partial charge in [0.25, 0.3) is 0 Å². The predicted molar refractivity (Wildman–Crippen MR) is 52.0 cm³/mol. The molecule has 1 fully saturated rings. The Kier molecular flexibility index (Phi) is 3.54. The van der Waals surface area contributed by atoms with Crippen LogP contribution < -0.4 is 0 Å². The van der Waals surface area contributed by atoms with Crippen molar-refractivity contribution in [3.63, 3.8) is 0 Å². The van der Waals surface area contributed by atoms with Gasteiger partial charge < -0.3 is 5.11 Å². The zero-order chi connectivity index (χ0) is 8.86. The van der Waals surface area contributed by atoms with Crippen LogP contribution in [0.15, 0.2) is 24.3 Å².